The maximum absolute atomic E-state index is 12.8. The number of phenols is 1. The molecular formula is C22H22N2O3S. The third-order valence-electron chi connectivity index (χ3n) is 5.12. The number of amides is 1. The van der Waals surface area contributed by atoms with Crippen LogP contribution in [0.15, 0.2) is 59.4 Å². The molecule has 1 aliphatic rings. The number of hydrogen-bond acceptors (Lipinski definition) is 5. The molecule has 0 spiro atoms. The molecule has 5 nitrogen and oxygen atoms in total. The minimum atomic E-state index is 0.0650. The quantitative estimate of drug-likeness (QED) is 0.695. The van der Waals surface area contributed by atoms with E-state index in [1.54, 1.807) is 29.0 Å². The Morgan fingerprint density at radius 1 is 1.11 bits per heavy atom. The second-order valence-electron chi connectivity index (χ2n) is 6.95. The van der Waals surface area contributed by atoms with E-state index in [0.717, 1.165) is 37.4 Å². The molecule has 6 heteroatoms. The summed E-state index contributed by atoms with van der Waals surface area (Å²) >= 11 is 1.54. The van der Waals surface area contributed by atoms with Crippen LogP contribution in [0.4, 0.5) is 0 Å². The van der Waals surface area contributed by atoms with Gasteiger partial charge >= 0.3 is 0 Å². The highest BCUT2D eigenvalue weighted by molar-refractivity contribution is 7.07. The number of ether oxygens (including phenoxy) is 1. The van der Waals surface area contributed by atoms with E-state index in [-0.39, 0.29) is 11.7 Å². The van der Waals surface area contributed by atoms with Gasteiger partial charge in [-0.15, -0.1) is 11.3 Å². The molecular weight excluding hydrogens is 372 g/mol. The molecule has 0 unspecified atom stereocenters. The molecule has 1 aromatic heterocycles. The van der Waals surface area contributed by atoms with E-state index in [2.05, 4.69) is 4.98 Å². The highest BCUT2D eigenvalue weighted by atomic mass is 32.1. The van der Waals surface area contributed by atoms with Crippen molar-refractivity contribution in [1.29, 1.82) is 0 Å². The highest BCUT2D eigenvalue weighted by Gasteiger charge is 2.24. The number of thiazole rings is 1. The van der Waals surface area contributed by atoms with E-state index in [0.29, 0.717) is 18.1 Å². The summed E-state index contributed by atoms with van der Waals surface area (Å²) in [5.74, 6) is 1.52. The van der Waals surface area contributed by atoms with Gasteiger partial charge in [-0.3, -0.25) is 4.79 Å². The number of phenolic OH excluding ortho intramolecular Hbond substituents is 1. The van der Waals surface area contributed by atoms with Crippen LogP contribution in [-0.4, -0.2) is 34.0 Å². The average molecular weight is 394 g/mol. The van der Waals surface area contributed by atoms with Gasteiger partial charge in [-0.05, 0) is 60.7 Å². The van der Waals surface area contributed by atoms with Crippen molar-refractivity contribution in [3.63, 3.8) is 0 Å². The number of carbonyl (C=O) groups excluding carboxylic acids is 1. The lowest BCUT2D eigenvalue weighted by Crippen LogP contribution is -2.37. The van der Waals surface area contributed by atoms with Gasteiger partial charge in [-0.1, -0.05) is 12.1 Å². The Labute approximate surface area is 168 Å². The van der Waals surface area contributed by atoms with Crippen LogP contribution in [0, 0.1) is 0 Å². The molecule has 144 valence electrons. The van der Waals surface area contributed by atoms with Gasteiger partial charge in [-0.25, -0.2) is 4.98 Å². The molecule has 0 bridgehead atoms. The van der Waals surface area contributed by atoms with Crippen molar-refractivity contribution in [2.24, 2.45) is 0 Å². The normalized spacial score (nSPS) is 14.8. The van der Waals surface area contributed by atoms with Gasteiger partial charge in [0.1, 0.15) is 18.1 Å². The molecule has 0 atom stereocenters. The Hall–Kier alpha value is -2.86. The van der Waals surface area contributed by atoms with E-state index in [4.69, 9.17) is 4.74 Å². The van der Waals surface area contributed by atoms with Crippen molar-refractivity contribution < 1.29 is 14.6 Å². The number of nitrogens with zero attached hydrogens (tertiary/aromatic N) is 2. The van der Waals surface area contributed by atoms with E-state index in [1.165, 1.54) is 5.56 Å². The first-order valence-corrected chi connectivity index (χ1v) is 10.3. The van der Waals surface area contributed by atoms with Gasteiger partial charge in [0.05, 0.1) is 11.2 Å². The SMILES string of the molecule is O=C(c1ccc(OCc2cscn2)cc1)N1CCC(c2ccc(O)cc2)CC1. The number of aromatic hydroxyl groups is 1. The predicted molar refractivity (Wildman–Crippen MR) is 109 cm³/mol. The minimum absolute atomic E-state index is 0.0650. The second-order valence-corrected chi connectivity index (χ2v) is 7.67. The molecule has 0 saturated carbocycles. The van der Waals surface area contributed by atoms with Crippen LogP contribution < -0.4 is 4.74 Å². The van der Waals surface area contributed by atoms with Gasteiger partial charge in [0.15, 0.2) is 0 Å². The second kappa shape index (κ2) is 8.44. The zero-order valence-corrected chi connectivity index (χ0v) is 16.3. The lowest BCUT2D eigenvalue weighted by molar-refractivity contribution is 0.0713. The van der Waals surface area contributed by atoms with Gasteiger partial charge in [0.2, 0.25) is 0 Å². The number of likely N-dealkylation sites (tertiary alicyclic amines) is 1. The Morgan fingerprint density at radius 3 is 2.46 bits per heavy atom. The number of benzene rings is 2. The molecule has 0 aliphatic carbocycles. The van der Waals surface area contributed by atoms with Gasteiger partial charge in [0.25, 0.3) is 5.91 Å². The fourth-order valence-corrected chi connectivity index (χ4v) is 4.05. The first-order valence-electron chi connectivity index (χ1n) is 9.37. The van der Waals surface area contributed by atoms with Crippen molar-refractivity contribution in [2.45, 2.75) is 25.4 Å². The van der Waals surface area contributed by atoms with Crippen LogP contribution in [-0.2, 0) is 6.61 Å². The number of hydrogen-bond donors (Lipinski definition) is 1. The van der Waals surface area contributed by atoms with Crippen molar-refractivity contribution in [1.82, 2.24) is 9.88 Å². The van der Waals surface area contributed by atoms with Crippen LogP contribution in [0.2, 0.25) is 0 Å². The van der Waals surface area contributed by atoms with Crippen LogP contribution >= 0.6 is 11.3 Å². The zero-order valence-electron chi connectivity index (χ0n) is 15.5. The van der Waals surface area contributed by atoms with Crippen LogP contribution in [0.3, 0.4) is 0 Å². The summed E-state index contributed by atoms with van der Waals surface area (Å²) in [6.45, 7) is 1.92. The maximum Gasteiger partial charge on any atom is 0.253 e. The Morgan fingerprint density at radius 2 is 1.82 bits per heavy atom. The largest absolute Gasteiger partial charge is 0.508 e. The number of piperidine rings is 1. The molecule has 1 amide bonds. The van der Waals surface area contributed by atoms with E-state index >= 15 is 0 Å². The van der Waals surface area contributed by atoms with Crippen molar-refractivity contribution in [3.05, 3.63) is 76.2 Å². The number of rotatable bonds is 5. The Bertz CT molecular complexity index is 900. The van der Waals surface area contributed by atoms with E-state index < -0.39 is 0 Å². The third-order valence-corrected chi connectivity index (χ3v) is 5.75. The standard InChI is InChI=1S/C22H22N2O3S/c25-20-5-1-16(2-6-20)17-9-11-24(12-10-17)22(26)18-3-7-21(8-4-18)27-13-19-14-28-15-23-19/h1-8,14-15,17,25H,9-13H2. The first-order chi connectivity index (χ1) is 13.7. The fraction of sp³-hybridized carbons (Fsp3) is 0.273. The lowest BCUT2D eigenvalue weighted by Gasteiger charge is -2.32. The van der Waals surface area contributed by atoms with Gasteiger partial charge in [-0.2, -0.15) is 0 Å². The minimum Gasteiger partial charge on any atom is -0.508 e. The van der Waals surface area contributed by atoms with Crippen LogP contribution in [0.5, 0.6) is 11.5 Å². The third kappa shape index (κ3) is 4.34. The predicted octanol–water partition coefficient (Wildman–Crippen LogP) is 4.45. The molecule has 1 aliphatic heterocycles. The molecule has 3 aromatic rings. The Kier molecular flexibility index (Phi) is 5.58. The topological polar surface area (TPSA) is 62.7 Å². The lowest BCUT2D eigenvalue weighted by atomic mass is 9.89. The smallest absolute Gasteiger partial charge is 0.253 e. The summed E-state index contributed by atoms with van der Waals surface area (Å²) in [6.07, 6.45) is 1.87. The van der Waals surface area contributed by atoms with Crippen molar-refractivity contribution in [2.75, 3.05) is 13.1 Å². The van der Waals surface area contributed by atoms with Gasteiger partial charge in [0, 0.05) is 24.0 Å². The first kappa shape index (κ1) is 18.5. The molecule has 4 rings (SSSR count). The number of aromatic nitrogens is 1. The van der Waals surface area contributed by atoms with Gasteiger partial charge < -0.3 is 14.7 Å². The summed E-state index contributed by atoms with van der Waals surface area (Å²) in [6, 6.07) is 14.7. The molecule has 2 aromatic carbocycles. The van der Waals surface area contributed by atoms with Crippen molar-refractivity contribution >= 4 is 17.2 Å². The molecule has 1 saturated heterocycles. The average Bonchev–Trinajstić information content (AvgIpc) is 3.27. The van der Waals surface area contributed by atoms with E-state index in [9.17, 15) is 9.90 Å². The maximum atomic E-state index is 12.8. The highest BCUT2D eigenvalue weighted by Crippen LogP contribution is 2.29. The summed E-state index contributed by atoms with van der Waals surface area (Å²) in [5.41, 5.74) is 4.60. The zero-order chi connectivity index (χ0) is 19.3. The molecule has 0 radical (unpaired) electrons. The molecule has 28 heavy (non-hydrogen) atoms. The van der Waals surface area contributed by atoms with E-state index in [1.807, 2.05) is 46.7 Å². The Balaban J connectivity index is 1.31. The summed E-state index contributed by atoms with van der Waals surface area (Å²) in [7, 11) is 0. The molecule has 2 heterocycles. The van der Waals surface area contributed by atoms with Crippen LogP contribution in [0.25, 0.3) is 0 Å². The number of carbonyl (C=O) groups is 1. The summed E-state index contributed by atoms with van der Waals surface area (Å²) in [5, 5.41) is 11.4. The molecule has 1 fully saturated rings. The fourth-order valence-electron chi connectivity index (χ4n) is 3.50. The summed E-state index contributed by atoms with van der Waals surface area (Å²) < 4.78 is 5.70. The molecule has 1 N–H and O–H groups in total. The summed E-state index contributed by atoms with van der Waals surface area (Å²) in [4.78, 5) is 18.9. The van der Waals surface area contributed by atoms with Crippen LogP contribution in [0.1, 0.15) is 40.4 Å². The van der Waals surface area contributed by atoms with Crippen molar-refractivity contribution in [3.8, 4) is 11.5 Å². The monoisotopic (exact) mass is 394 g/mol.